The van der Waals surface area contributed by atoms with E-state index in [1.807, 2.05) is 22.6 Å². The lowest BCUT2D eigenvalue weighted by Gasteiger charge is -2.51. The molecule has 1 aromatic carbocycles. The van der Waals surface area contributed by atoms with Crippen molar-refractivity contribution in [2.45, 2.75) is 38.5 Å². The second-order valence-corrected chi connectivity index (χ2v) is 12.9. The van der Waals surface area contributed by atoms with Crippen molar-refractivity contribution in [2.24, 2.45) is 35.5 Å². The van der Waals surface area contributed by atoms with Gasteiger partial charge in [-0.25, -0.2) is 18.2 Å². The highest BCUT2D eigenvalue weighted by Gasteiger charge is 2.57. The molecule has 18 nitrogen and oxygen atoms in total. The van der Waals surface area contributed by atoms with Gasteiger partial charge in [0.25, 0.3) is 12.0 Å². The van der Waals surface area contributed by atoms with E-state index >= 15 is 0 Å². The molecule has 0 bridgehead atoms. The minimum atomic E-state index is -5.24. The lowest BCUT2D eigenvalue weighted by Crippen LogP contribution is -2.68. The van der Waals surface area contributed by atoms with Gasteiger partial charge < -0.3 is 36.4 Å². The number of carbonyl (C=O) groups is 3. The zero-order valence-electron chi connectivity index (χ0n) is 25.1. The number of carboxylic acid groups (broad SMARTS) is 1. The number of hydrogen-bond donors (Lipinski definition) is 4. The van der Waals surface area contributed by atoms with Crippen LogP contribution in [0.4, 0.5) is 5.13 Å². The van der Waals surface area contributed by atoms with Gasteiger partial charge in [-0.1, -0.05) is 5.16 Å². The fraction of sp³-hybridized carbons (Fsp3) is 0.462. The van der Waals surface area contributed by atoms with Crippen LogP contribution in [0.25, 0.3) is 10.9 Å². The van der Waals surface area contributed by atoms with Crippen LogP contribution in [0.15, 0.2) is 34.9 Å². The molecule has 1 aliphatic heterocycles. The largest absolute Gasteiger partial charge is 0.724 e. The average molecular weight is 683 g/mol. The van der Waals surface area contributed by atoms with E-state index in [0.717, 1.165) is 22.2 Å². The maximum absolute atomic E-state index is 13.3. The molecule has 1 aliphatic rings. The van der Waals surface area contributed by atoms with Crippen LogP contribution in [-0.2, 0) is 47.5 Å². The quantitative estimate of drug-likeness (QED) is 0.0348. The van der Waals surface area contributed by atoms with Gasteiger partial charge in [0.1, 0.15) is 23.6 Å². The highest BCUT2D eigenvalue weighted by atomic mass is 32.3. The number of amides is 1. The lowest BCUT2D eigenvalue weighted by atomic mass is 9.74. The fourth-order valence-corrected chi connectivity index (χ4v) is 5.81. The van der Waals surface area contributed by atoms with Gasteiger partial charge in [-0.3, -0.25) is 9.59 Å². The molecule has 0 saturated carbocycles. The summed E-state index contributed by atoms with van der Waals surface area (Å²) >= 11 is 0.978. The smallest absolute Gasteiger partial charge is 0.351 e. The number of nitrogen functional groups attached to an aromatic ring is 1. The zero-order chi connectivity index (χ0) is 34.0. The third-order valence-corrected chi connectivity index (χ3v) is 8.55. The number of aliphatic carboxylic acids is 1. The van der Waals surface area contributed by atoms with Gasteiger partial charge in [0, 0.05) is 30.8 Å². The molecule has 1 fully saturated rings. The summed E-state index contributed by atoms with van der Waals surface area (Å²) in [6.45, 7) is 3.76. The Morgan fingerprint density at radius 3 is 2.54 bits per heavy atom. The molecule has 4 rings (SSSR count). The number of thiazole rings is 1. The average Bonchev–Trinajstić information content (AvgIpc) is 3.55. The molecule has 0 radical (unpaired) electrons. The van der Waals surface area contributed by atoms with Gasteiger partial charge in [0.15, 0.2) is 23.2 Å². The standard InChI is InChI=1S/C26H34N8O10S2/c1-26(2)17(23(36)34(26)44-46(39,40)41)7-20(35)22(18-13-45-25(29)30-18)31-43-21(24(37)38)12-42-16-4-5-19-15(6-16)11-33(32(19)3)10-14(8-27)9-28/h4-6,11,13-14,17,21H,7-10,12,27-28H2,1-3H3,(H3-,29,30,37,38,39,40,41)/b31-22-/t17-,21+/m1/s1. The SMILES string of the molecule is Cn1c2ccc(OC[C@H](O/N=C(\C(=O)C[C@@H]3C(=O)N(OS(=O)(=O)[O-])C3(C)C)c3csc(N)n3)C(=O)O)cc2c[n+]1CC(CN)CN. The normalized spacial score (nSPS) is 17.3. The molecule has 0 unspecified atom stereocenters. The summed E-state index contributed by atoms with van der Waals surface area (Å²) in [6, 6.07) is 5.19. The van der Waals surface area contributed by atoms with Gasteiger partial charge in [0.05, 0.1) is 23.9 Å². The first-order valence-electron chi connectivity index (χ1n) is 13.8. The summed E-state index contributed by atoms with van der Waals surface area (Å²) < 4.78 is 46.8. The van der Waals surface area contributed by atoms with Crippen LogP contribution >= 0.6 is 11.3 Å². The Hall–Kier alpha value is -4.21. The molecular formula is C26H34N8O10S2. The van der Waals surface area contributed by atoms with Crippen molar-refractivity contribution < 1.29 is 51.0 Å². The summed E-state index contributed by atoms with van der Waals surface area (Å²) in [5.41, 5.74) is 16.4. The van der Waals surface area contributed by atoms with Crippen LogP contribution in [-0.4, -0.2) is 87.5 Å². The van der Waals surface area contributed by atoms with Crippen LogP contribution in [0.5, 0.6) is 5.75 Å². The molecule has 7 N–H and O–H groups in total. The first kappa shape index (κ1) is 34.7. The minimum Gasteiger partial charge on any atom is -0.724 e. The number of ether oxygens (including phenoxy) is 1. The van der Waals surface area contributed by atoms with Gasteiger partial charge in [0.2, 0.25) is 16.6 Å². The van der Waals surface area contributed by atoms with Crippen molar-refractivity contribution in [1.82, 2.24) is 14.7 Å². The number of carbonyl (C=O) groups excluding carboxylic acids is 2. The monoisotopic (exact) mass is 682 g/mol. The number of rotatable bonds is 16. The minimum absolute atomic E-state index is 0.0354. The van der Waals surface area contributed by atoms with Crippen molar-refractivity contribution in [2.75, 3.05) is 25.4 Å². The second kappa shape index (κ2) is 13.6. The van der Waals surface area contributed by atoms with Gasteiger partial charge in [-0.15, -0.1) is 16.0 Å². The molecule has 250 valence electrons. The number of aromatic nitrogens is 3. The second-order valence-electron chi connectivity index (χ2n) is 11.0. The lowest BCUT2D eigenvalue weighted by molar-refractivity contribution is -0.775. The first-order chi connectivity index (χ1) is 21.5. The molecule has 1 saturated heterocycles. The summed E-state index contributed by atoms with van der Waals surface area (Å²) in [6.07, 6.45) is -0.294. The predicted molar refractivity (Wildman–Crippen MR) is 161 cm³/mol. The molecule has 2 atom stereocenters. The zero-order valence-corrected chi connectivity index (χ0v) is 26.7. The first-order valence-corrected chi connectivity index (χ1v) is 16.0. The Labute approximate surface area is 267 Å². The molecule has 2 aromatic heterocycles. The van der Waals surface area contributed by atoms with E-state index in [1.54, 1.807) is 18.2 Å². The summed E-state index contributed by atoms with van der Waals surface area (Å²) in [4.78, 5) is 47.1. The number of β-lactam (4-membered cyclic amide) rings is 1. The maximum Gasteiger partial charge on any atom is 0.351 e. The van der Waals surface area contributed by atoms with Crippen LogP contribution < -0.4 is 26.6 Å². The van der Waals surface area contributed by atoms with Crippen molar-refractivity contribution >= 4 is 61.1 Å². The third kappa shape index (κ3) is 7.59. The highest BCUT2D eigenvalue weighted by molar-refractivity contribution is 7.80. The van der Waals surface area contributed by atoms with Crippen molar-refractivity contribution in [3.8, 4) is 5.75 Å². The van der Waals surface area contributed by atoms with Gasteiger partial charge in [-0.05, 0) is 32.0 Å². The Kier molecular flexibility index (Phi) is 10.3. The number of aryl methyl sites for hydroxylation is 1. The number of anilines is 1. The number of hydrogen-bond acceptors (Lipinski definition) is 15. The van der Waals surface area contributed by atoms with E-state index in [0.29, 0.717) is 30.4 Å². The van der Waals surface area contributed by atoms with E-state index < -0.39 is 64.4 Å². The number of nitrogens with zero attached hydrogens (tertiary/aromatic N) is 5. The molecule has 46 heavy (non-hydrogen) atoms. The van der Waals surface area contributed by atoms with Crippen molar-refractivity contribution in [3.63, 3.8) is 0 Å². The Bertz CT molecular complexity index is 1770. The Balaban J connectivity index is 1.49. The number of hydroxylamine groups is 2. The summed E-state index contributed by atoms with van der Waals surface area (Å²) in [5, 5.41) is 16.2. The number of oxime groups is 1. The van der Waals surface area contributed by atoms with E-state index in [9.17, 15) is 32.5 Å². The molecule has 0 spiro atoms. The van der Waals surface area contributed by atoms with Crippen molar-refractivity contribution in [1.29, 1.82) is 0 Å². The predicted octanol–water partition coefficient (Wildman–Crippen LogP) is -1.12. The van der Waals surface area contributed by atoms with Crippen LogP contribution in [0.1, 0.15) is 26.0 Å². The summed E-state index contributed by atoms with van der Waals surface area (Å²) in [7, 11) is -3.36. The number of nitrogens with two attached hydrogens (primary N) is 3. The number of ketones is 1. The Morgan fingerprint density at radius 1 is 1.28 bits per heavy atom. The van der Waals surface area contributed by atoms with E-state index in [4.69, 9.17) is 26.8 Å². The molecule has 3 aromatic rings. The maximum atomic E-state index is 13.3. The van der Waals surface area contributed by atoms with Gasteiger partial charge >= 0.3 is 5.97 Å². The number of carboxylic acids is 1. The summed E-state index contributed by atoms with van der Waals surface area (Å²) in [5.74, 6) is -3.83. The van der Waals surface area contributed by atoms with Crippen molar-refractivity contribution in [3.05, 3.63) is 35.5 Å². The topological polar surface area (TPSA) is 272 Å². The molecule has 0 aliphatic carbocycles. The highest BCUT2D eigenvalue weighted by Crippen LogP contribution is 2.40. The van der Waals surface area contributed by atoms with Gasteiger partial charge in [-0.2, -0.15) is 14.0 Å². The molecular weight excluding hydrogens is 648 g/mol. The Morgan fingerprint density at radius 2 is 1.98 bits per heavy atom. The van der Waals surface area contributed by atoms with Crippen LogP contribution in [0.3, 0.4) is 0 Å². The van der Waals surface area contributed by atoms with E-state index in [1.165, 1.54) is 19.2 Å². The third-order valence-electron chi connectivity index (χ3n) is 7.54. The number of benzene rings is 1. The van der Waals surface area contributed by atoms with E-state index in [2.05, 4.69) is 14.4 Å². The fourth-order valence-electron chi connectivity index (χ4n) is 4.81. The number of Topliss-reactive ketones (excluding diaryl/α,β-unsaturated/α-hetero) is 1. The van der Waals surface area contributed by atoms with Crippen LogP contribution in [0.2, 0.25) is 0 Å². The van der Waals surface area contributed by atoms with E-state index in [-0.39, 0.29) is 16.7 Å². The van der Waals surface area contributed by atoms with Crippen LogP contribution in [0, 0.1) is 11.8 Å². The molecule has 1 amide bonds. The number of fused-ring (bicyclic) bond motifs is 1. The molecule has 20 heteroatoms. The molecule has 3 heterocycles.